The van der Waals surface area contributed by atoms with Gasteiger partial charge in [0.05, 0.1) is 18.1 Å². The Bertz CT molecular complexity index is 618. The molecule has 0 spiro atoms. The van der Waals surface area contributed by atoms with Gasteiger partial charge in [-0.05, 0) is 38.3 Å². The molecule has 8 heteroatoms. The molecule has 1 atom stereocenters. The van der Waals surface area contributed by atoms with Crippen molar-refractivity contribution in [2.75, 3.05) is 19.7 Å². The van der Waals surface area contributed by atoms with Crippen molar-refractivity contribution in [1.29, 1.82) is 0 Å². The number of para-hydroxylation sites is 1. The number of hydrogen-bond acceptors (Lipinski definition) is 4. The largest absolute Gasteiger partial charge is 0.573 e. The van der Waals surface area contributed by atoms with Crippen LogP contribution in [-0.2, 0) is 9.53 Å². The third-order valence-electron chi connectivity index (χ3n) is 3.98. The minimum atomic E-state index is -4.87. The van der Waals surface area contributed by atoms with E-state index in [1.54, 1.807) is 6.92 Å². The van der Waals surface area contributed by atoms with Crippen molar-refractivity contribution in [3.63, 3.8) is 0 Å². The number of alkyl halides is 3. The van der Waals surface area contributed by atoms with Crippen molar-refractivity contribution in [3.8, 4) is 5.75 Å². The lowest BCUT2D eigenvalue weighted by Gasteiger charge is -2.22. The number of amides is 1. The summed E-state index contributed by atoms with van der Waals surface area (Å²) in [5, 5.41) is 0. The van der Waals surface area contributed by atoms with E-state index in [0.29, 0.717) is 32.4 Å². The van der Waals surface area contributed by atoms with E-state index >= 15 is 0 Å². The molecule has 0 saturated carbocycles. The monoisotopic (exact) mass is 359 g/mol. The van der Waals surface area contributed by atoms with Crippen LogP contribution in [0.4, 0.5) is 13.2 Å². The molecule has 1 aromatic rings. The first kappa shape index (κ1) is 19.1. The number of ether oxygens (including phenoxy) is 2. The van der Waals surface area contributed by atoms with Crippen LogP contribution in [0.1, 0.15) is 36.5 Å². The van der Waals surface area contributed by atoms with Gasteiger partial charge in [-0.2, -0.15) is 0 Å². The van der Waals surface area contributed by atoms with Crippen molar-refractivity contribution in [3.05, 3.63) is 29.8 Å². The second-order valence-electron chi connectivity index (χ2n) is 5.72. The lowest BCUT2D eigenvalue weighted by Crippen LogP contribution is -2.33. The van der Waals surface area contributed by atoms with Gasteiger partial charge in [-0.3, -0.25) is 9.59 Å². The van der Waals surface area contributed by atoms with Crippen molar-refractivity contribution < 1.29 is 32.2 Å². The summed E-state index contributed by atoms with van der Waals surface area (Å²) in [6, 6.07) is 5.27. The molecular formula is C17H20F3NO4. The number of halogens is 3. The summed E-state index contributed by atoms with van der Waals surface area (Å²) in [6.07, 6.45) is -3.28. The van der Waals surface area contributed by atoms with Gasteiger partial charge in [0.2, 0.25) is 0 Å². The van der Waals surface area contributed by atoms with Gasteiger partial charge in [0.15, 0.2) is 0 Å². The summed E-state index contributed by atoms with van der Waals surface area (Å²) in [5.41, 5.74) is -0.144. The van der Waals surface area contributed by atoms with E-state index in [1.807, 2.05) is 0 Å². The maximum atomic E-state index is 12.6. The number of carbonyl (C=O) groups excluding carboxylic acids is 2. The molecule has 1 fully saturated rings. The standard InChI is InChI=1S/C17H20F3NO4/c1-2-24-16(23)12-6-5-10-21(11-9-12)15(22)13-7-3-4-8-14(13)25-17(18,19)20/h3-4,7-8,12H,2,5-6,9-11H2,1H3. The van der Waals surface area contributed by atoms with E-state index in [1.165, 1.54) is 23.1 Å². The maximum Gasteiger partial charge on any atom is 0.573 e. The van der Waals surface area contributed by atoms with Crippen LogP contribution in [0.2, 0.25) is 0 Å². The summed E-state index contributed by atoms with van der Waals surface area (Å²) >= 11 is 0. The molecule has 0 aliphatic carbocycles. The van der Waals surface area contributed by atoms with Crippen LogP contribution in [0.3, 0.4) is 0 Å². The Morgan fingerprint density at radius 3 is 2.60 bits per heavy atom. The molecule has 1 aliphatic rings. The fourth-order valence-electron chi connectivity index (χ4n) is 2.82. The van der Waals surface area contributed by atoms with Gasteiger partial charge in [0.1, 0.15) is 5.75 Å². The van der Waals surface area contributed by atoms with E-state index in [2.05, 4.69) is 4.74 Å². The topological polar surface area (TPSA) is 55.8 Å². The number of carbonyl (C=O) groups is 2. The van der Waals surface area contributed by atoms with Crippen molar-refractivity contribution in [2.24, 2.45) is 5.92 Å². The van der Waals surface area contributed by atoms with Gasteiger partial charge in [-0.15, -0.1) is 13.2 Å². The van der Waals surface area contributed by atoms with E-state index in [4.69, 9.17) is 4.74 Å². The van der Waals surface area contributed by atoms with Gasteiger partial charge in [-0.1, -0.05) is 12.1 Å². The van der Waals surface area contributed by atoms with Gasteiger partial charge in [0.25, 0.3) is 5.91 Å². The molecule has 5 nitrogen and oxygen atoms in total. The highest BCUT2D eigenvalue weighted by Crippen LogP contribution is 2.28. The number of nitrogens with zero attached hydrogens (tertiary/aromatic N) is 1. The zero-order valence-electron chi connectivity index (χ0n) is 13.8. The molecular weight excluding hydrogens is 339 g/mol. The summed E-state index contributed by atoms with van der Waals surface area (Å²) in [7, 11) is 0. The first-order valence-electron chi connectivity index (χ1n) is 8.12. The van der Waals surface area contributed by atoms with Crippen LogP contribution < -0.4 is 4.74 Å². The summed E-state index contributed by atoms with van der Waals surface area (Å²) in [6.45, 7) is 2.67. The SMILES string of the molecule is CCOC(=O)C1CCCN(C(=O)c2ccccc2OC(F)(F)F)CC1. The number of rotatable bonds is 4. The molecule has 0 radical (unpaired) electrons. The molecule has 0 N–H and O–H groups in total. The highest BCUT2D eigenvalue weighted by Gasteiger charge is 2.34. The zero-order valence-corrected chi connectivity index (χ0v) is 13.8. The average molecular weight is 359 g/mol. The fraction of sp³-hybridized carbons (Fsp3) is 0.529. The van der Waals surface area contributed by atoms with Crippen LogP contribution in [0, 0.1) is 5.92 Å². The lowest BCUT2D eigenvalue weighted by molar-refractivity contribution is -0.274. The molecule has 138 valence electrons. The van der Waals surface area contributed by atoms with E-state index in [-0.39, 0.29) is 24.0 Å². The predicted molar refractivity (Wildman–Crippen MR) is 83.0 cm³/mol. The third-order valence-corrected chi connectivity index (χ3v) is 3.98. The Labute approximate surface area is 143 Å². The summed E-state index contributed by atoms with van der Waals surface area (Å²) < 4.78 is 46.5. The molecule has 0 aromatic heterocycles. The Balaban J connectivity index is 2.10. The third kappa shape index (κ3) is 5.37. The molecule has 1 saturated heterocycles. The van der Waals surface area contributed by atoms with Gasteiger partial charge >= 0.3 is 12.3 Å². The van der Waals surface area contributed by atoms with E-state index in [0.717, 1.165) is 6.07 Å². The summed E-state index contributed by atoms with van der Waals surface area (Å²) in [4.78, 5) is 25.9. The minimum absolute atomic E-state index is 0.144. The van der Waals surface area contributed by atoms with Crippen LogP contribution in [-0.4, -0.2) is 42.8 Å². The quantitative estimate of drug-likeness (QED) is 0.774. The minimum Gasteiger partial charge on any atom is -0.466 e. The molecule has 1 amide bonds. The van der Waals surface area contributed by atoms with Crippen LogP contribution in [0.25, 0.3) is 0 Å². The van der Waals surface area contributed by atoms with Gasteiger partial charge in [0, 0.05) is 13.1 Å². The van der Waals surface area contributed by atoms with Crippen molar-refractivity contribution >= 4 is 11.9 Å². The van der Waals surface area contributed by atoms with Crippen LogP contribution >= 0.6 is 0 Å². The first-order chi connectivity index (χ1) is 11.8. The average Bonchev–Trinajstić information content (AvgIpc) is 2.79. The van der Waals surface area contributed by atoms with Crippen LogP contribution in [0.5, 0.6) is 5.75 Å². The number of esters is 1. The molecule has 25 heavy (non-hydrogen) atoms. The fourth-order valence-corrected chi connectivity index (χ4v) is 2.82. The van der Waals surface area contributed by atoms with Crippen molar-refractivity contribution in [2.45, 2.75) is 32.5 Å². The molecule has 1 unspecified atom stereocenters. The molecule has 1 aliphatic heterocycles. The Morgan fingerprint density at radius 2 is 1.92 bits per heavy atom. The Hall–Kier alpha value is -2.25. The first-order valence-corrected chi connectivity index (χ1v) is 8.12. The molecule has 0 bridgehead atoms. The lowest BCUT2D eigenvalue weighted by atomic mass is 10.0. The van der Waals surface area contributed by atoms with Gasteiger partial charge in [-0.25, -0.2) is 0 Å². The number of likely N-dealkylation sites (tertiary alicyclic amines) is 1. The Morgan fingerprint density at radius 1 is 1.20 bits per heavy atom. The molecule has 1 aromatic carbocycles. The molecule has 2 rings (SSSR count). The normalized spacial score (nSPS) is 18.4. The van der Waals surface area contributed by atoms with Crippen molar-refractivity contribution in [1.82, 2.24) is 4.90 Å². The smallest absolute Gasteiger partial charge is 0.466 e. The highest BCUT2D eigenvalue weighted by molar-refractivity contribution is 5.97. The van der Waals surface area contributed by atoms with Gasteiger partial charge < -0.3 is 14.4 Å². The van der Waals surface area contributed by atoms with E-state index < -0.39 is 18.0 Å². The Kier molecular flexibility index (Phi) is 6.27. The van der Waals surface area contributed by atoms with E-state index in [9.17, 15) is 22.8 Å². The molecule has 1 heterocycles. The second-order valence-corrected chi connectivity index (χ2v) is 5.72. The predicted octanol–water partition coefficient (Wildman–Crippen LogP) is 3.39. The zero-order chi connectivity index (χ0) is 18.4. The number of hydrogen-bond donors (Lipinski definition) is 0. The second kappa shape index (κ2) is 8.22. The number of benzene rings is 1. The maximum absolute atomic E-state index is 12.6. The summed E-state index contributed by atoms with van der Waals surface area (Å²) in [5.74, 6) is -1.65. The highest BCUT2D eigenvalue weighted by atomic mass is 19.4. The van der Waals surface area contributed by atoms with Crippen LogP contribution in [0.15, 0.2) is 24.3 Å².